The van der Waals surface area contributed by atoms with Crippen molar-refractivity contribution in [1.29, 1.82) is 0 Å². The Hall–Kier alpha value is -1.77. The van der Waals surface area contributed by atoms with E-state index >= 15 is 0 Å². The summed E-state index contributed by atoms with van der Waals surface area (Å²) in [5.41, 5.74) is -6.04. The maximum atomic E-state index is 12.9. The number of aliphatic hydroxyl groups is 1. The predicted molar refractivity (Wildman–Crippen MR) is 41.1 cm³/mol. The summed E-state index contributed by atoms with van der Waals surface area (Å²) in [5.74, 6) is -1.75. The first-order valence-electron chi connectivity index (χ1n) is 3.76. The summed E-state index contributed by atoms with van der Waals surface area (Å²) in [7, 11) is 0. The van der Waals surface area contributed by atoms with Crippen molar-refractivity contribution < 1.29 is 27.6 Å². The lowest BCUT2D eigenvalue weighted by molar-refractivity contribution is -0.680. The van der Waals surface area contributed by atoms with E-state index in [2.05, 4.69) is 4.98 Å². The van der Waals surface area contributed by atoms with Crippen LogP contribution in [0.1, 0.15) is 5.56 Å². The van der Waals surface area contributed by atoms with Crippen LogP contribution in [0.4, 0.5) is 17.6 Å². The Labute approximate surface area is 85.5 Å². The van der Waals surface area contributed by atoms with E-state index in [1.165, 1.54) is 0 Å². The summed E-state index contributed by atoms with van der Waals surface area (Å²) in [5, 5.41) is 19.2. The van der Waals surface area contributed by atoms with Gasteiger partial charge in [-0.25, -0.2) is 4.98 Å². The van der Waals surface area contributed by atoms with Crippen LogP contribution < -0.4 is 0 Å². The maximum Gasteiger partial charge on any atom is 0.495 e. The van der Waals surface area contributed by atoms with Crippen LogP contribution in [0, 0.1) is 16.1 Å². The molecule has 0 amide bonds. The molecule has 9 heteroatoms. The van der Waals surface area contributed by atoms with Crippen LogP contribution in [0.15, 0.2) is 18.3 Å². The van der Waals surface area contributed by atoms with Gasteiger partial charge in [0.05, 0.1) is 4.92 Å². The van der Waals surface area contributed by atoms with Gasteiger partial charge >= 0.3 is 11.9 Å². The van der Waals surface area contributed by atoms with E-state index in [4.69, 9.17) is 5.11 Å². The van der Waals surface area contributed by atoms with E-state index in [0.29, 0.717) is 6.07 Å². The summed E-state index contributed by atoms with van der Waals surface area (Å²) in [6.07, 6.45) is -4.85. The number of nitro groups is 1. The first kappa shape index (κ1) is 12.3. The van der Waals surface area contributed by atoms with Crippen LogP contribution in [-0.4, -0.2) is 21.2 Å². The molecular formula is C7H4F4N2O3. The second-order valence-corrected chi connectivity index (χ2v) is 2.77. The molecule has 16 heavy (non-hydrogen) atoms. The smallest absolute Gasteiger partial charge is 0.319 e. The normalized spacial score (nSPS) is 15.6. The number of alkyl halides is 3. The van der Waals surface area contributed by atoms with Crippen molar-refractivity contribution in [3.05, 3.63) is 40.0 Å². The standard InChI is InChI=1S/C7H4F4N2O3/c8-5-4(2-1-3-12-5)6(14,13(15)16)7(9,10)11/h1-3,14H. The lowest BCUT2D eigenvalue weighted by atomic mass is 10.1. The molecule has 0 aliphatic carbocycles. The molecule has 0 saturated carbocycles. The van der Waals surface area contributed by atoms with Crippen molar-refractivity contribution in [3.63, 3.8) is 0 Å². The zero-order valence-corrected chi connectivity index (χ0v) is 7.40. The fraction of sp³-hybridized carbons (Fsp3) is 0.286. The highest BCUT2D eigenvalue weighted by molar-refractivity contribution is 5.18. The summed E-state index contributed by atoms with van der Waals surface area (Å²) in [6.45, 7) is 0. The van der Waals surface area contributed by atoms with Crippen LogP contribution in [0.5, 0.6) is 0 Å². The van der Waals surface area contributed by atoms with Gasteiger partial charge < -0.3 is 5.11 Å². The Balaban J connectivity index is 3.46. The fourth-order valence-electron chi connectivity index (χ4n) is 1.00. The zero-order valence-electron chi connectivity index (χ0n) is 7.40. The summed E-state index contributed by atoms with van der Waals surface area (Å²) in [6, 6.07) is 1.29. The molecule has 1 heterocycles. The van der Waals surface area contributed by atoms with Crippen LogP contribution in [0.2, 0.25) is 0 Å². The third kappa shape index (κ3) is 1.69. The van der Waals surface area contributed by atoms with E-state index < -0.39 is 28.3 Å². The maximum absolute atomic E-state index is 12.9. The van der Waals surface area contributed by atoms with Gasteiger partial charge in [0.25, 0.3) is 0 Å². The van der Waals surface area contributed by atoms with Gasteiger partial charge in [-0.2, -0.15) is 17.6 Å². The minimum Gasteiger partial charge on any atom is -0.319 e. The second kappa shape index (κ2) is 3.67. The zero-order chi connectivity index (χ0) is 12.6. The van der Waals surface area contributed by atoms with Gasteiger partial charge in [0, 0.05) is 6.20 Å². The van der Waals surface area contributed by atoms with Crippen LogP contribution in [-0.2, 0) is 5.72 Å². The van der Waals surface area contributed by atoms with Gasteiger partial charge in [-0.05, 0) is 12.1 Å². The van der Waals surface area contributed by atoms with Crippen LogP contribution >= 0.6 is 0 Å². The highest BCUT2D eigenvalue weighted by Crippen LogP contribution is 2.39. The van der Waals surface area contributed by atoms with Crippen molar-refractivity contribution in [2.75, 3.05) is 0 Å². The van der Waals surface area contributed by atoms with Crippen molar-refractivity contribution >= 4 is 0 Å². The minimum absolute atomic E-state index is 0.443. The second-order valence-electron chi connectivity index (χ2n) is 2.77. The van der Waals surface area contributed by atoms with E-state index in [1.807, 2.05) is 0 Å². The molecule has 0 spiro atoms. The van der Waals surface area contributed by atoms with E-state index in [-0.39, 0.29) is 0 Å². The Morgan fingerprint density at radius 3 is 2.38 bits per heavy atom. The fourth-order valence-corrected chi connectivity index (χ4v) is 1.00. The highest BCUT2D eigenvalue weighted by atomic mass is 19.4. The summed E-state index contributed by atoms with van der Waals surface area (Å²) >= 11 is 0. The largest absolute Gasteiger partial charge is 0.495 e. The molecule has 1 N–H and O–H groups in total. The van der Waals surface area contributed by atoms with Crippen molar-refractivity contribution in [3.8, 4) is 0 Å². The van der Waals surface area contributed by atoms with Gasteiger partial charge in [-0.1, -0.05) is 0 Å². The van der Waals surface area contributed by atoms with Crippen LogP contribution in [0.25, 0.3) is 0 Å². The summed E-state index contributed by atoms with van der Waals surface area (Å²) in [4.78, 5) is 11.1. The Kier molecular flexibility index (Phi) is 2.82. The molecule has 1 rings (SSSR count). The number of hydrogen-bond donors (Lipinski definition) is 1. The molecule has 1 atom stereocenters. The number of halogens is 4. The number of hydrogen-bond acceptors (Lipinski definition) is 4. The molecule has 1 aromatic rings. The SMILES string of the molecule is O=[N+]([O-])C(O)(c1cccnc1F)C(F)(F)F. The van der Waals surface area contributed by atoms with E-state index in [0.717, 1.165) is 12.3 Å². The van der Waals surface area contributed by atoms with Gasteiger partial charge in [0.2, 0.25) is 5.95 Å². The Morgan fingerprint density at radius 1 is 1.44 bits per heavy atom. The first-order chi connectivity index (χ1) is 7.21. The molecule has 0 bridgehead atoms. The lowest BCUT2D eigenvalue weighted by Gasteiger charge is -2.21. The number of nitrogens with zero attached hydrogens (tertiary/aromatic N) is 2. The molecule has 0 aliphatic rings. The van der Waals surface area contributed by atoms with Gasteiger partial charge in [0.15, 0.2) is 0 Å². The molecule has 0 aliphatic heterocycles. The molecule has 1 aromatic heterocycles. The van der Waals surface area contributed by atoms with Gasteiger partial charge in [-0.15, -0.1) is 0 Å². The van der Waals surface area contributed by atoms with Crippen LogP contribution in [0.3, 0.4) is 0 Å². The highest BCUT2D eigenvalue weighted by Gasteiger charge is 2.68. The molecule has 0 radical (unpaired) electrons. The minimum atomic E-state index is -5.65. The number of rotatable bonds is 2. The van der Waals surface area contributed by atoms with Crippen molar-refractivity contribution in [1.82, 2.24) is 4.98 Å². The molecule has 0 fully saturated rings. The van der Waals surface area contributed by atoms with Gasteiger partial charge in [-0.3, -0.25) is 10.1 Å². The molecular weight excluding hydrogens is 236 g/mol. The van der Waals surface area contributed by atoms with E-state index in [9.17, 15) is 27.7 Å². The molecule has 5 nitrogen and oxygen atoms in total. The predicted octanol–water partition coefficient (Wildman–Crippen LogP) is 1.20. The summed E-state index contributed by atoms with van der Waals surface area (Å²) < 4.78 is 49.9. The molecule has 0 saturated heterocycles. The average molecular weight is 240 g/mol. The molecule has 0 aromatic carbocycles. The molecule has 1 unspecified atom stereocenters. The van der Waals surface area contributed by atoms with Gasteiger partial charge in [0.1, 0.15) is 5.56 Å². The monoisotopic (exact) mass is 240 g/mol. The lowest BCUT2D eigenvalue weighted by Crippen LogP contribution is -2.49. The number of aromatic nitrogens is 1. The Bertz CT molecular complexity index is 422. The molecule has 88 valence electrons. The third-order valence-corrected chi connectivity index (χ3v) is 1.79. The Morgan fingerprint density at radius 2 is 2.00 bits per heavy atom. The topological polar surface area (TPSA) is 76.3 Å². The first-order valence-corrected chi connectivity index (χ1v) is 3.76. The quantitative estimate of drug-likeness (QED) is 0.277. The third-order valence-electron chi connectivity index (χ3n) is 1.79. The van der Waals surface area contributed by atoms with E-state index in [1.54, 1.807) is 0 Å². The number of pyridine rings is 1. The average Bonchev–Trinajstić information content (AvgIpc) is 2.15. The van der Waals surface area contributed by atoms with Crippen molar-refractivity contribution in [2.45, 2.75) is 11.9 Å². The van der Waals surface area contributed by atoms with Crippen molar-refractivity contribution in [2.24, 2.45) is 0 Å².